The van der Waals surface area contributed by atoms with Gasteiger partial charge in [-0.1, -0.05) is 6.04 Å². The molecule has 0 atom stereocenters. The summed E-state index contributed by atoms with van der Waals surface area (Å²) in [5.74, 6) is -1.11. The van der Waals surface area contributed by atoms with Gasteiger partial charge in [0.1, 0.15) is 0 Å². The van der Waals surface area contributed by atoms with Crippen molar-refractivity contribution < 1.29 is 19.9 Å². The molecule has 0 fully saturated rings. The van der Waals surface area contributed by atoms with Crippen molar-refractivity contribution in [1.82, 2.24) is 0 Å². The highest BCUT2D eigenvalue weighted by atomic mass is 16.6. The van der Waals surface area contributed by atoms with E-state index in [0.717, 1.165) is 7.11 Å². The van der Waals surface area contributed by atoms with Crippen molar-refractivity contribution in [2.45, 2.75) is 0 Å². The number of nitrogens with zero attached hydrogens (tertiary/aromatic N) is 1. The number of methoxy groups -OCH3 is 1. The van der Waals surface area contributed by atoms with Gasteiger partial charge in [0.15, 0.2) is 0 Å². The number of carbonyl (C=O) groups excluding carboxylic acids is 1. The monoisotopic (exact) mass is 185 g/mol. The van der Waals surface area contributed by atoms with Crippen LogP contribution >= 0.6 is 0 Å². The van der Waals surface area contributed by atoms with E-state index in [2.05, 4.69) is 4.74 Å². The van der Waals surface area contributed by atoms with E-state index in [1.165, 1.54) is 0 Å². The summed E-state index contributed by atoms with van der Waals surface area (Å²) in [6, 6.07) is -3.25. The third kappa shape index (κ3) is 2.02. The number of nitro groups is 1. The van der Waals surface area contributed by atoms with E-state index in [4.69, 9.17) is 5.48 Å². The number of esters is 1. The molecule has 0 aliphatic heterocycles. The van der Waals surface area contributed by atoms with Crippen LogP contribution in [0, 0.1) is 10.1 Å². The number of benzene rings is 1. The number of nitro benzene ring substituents is 1. The molecule has 68 valence electrons. The summed E-state index contributed by atoms with van der Waals surface area (Å²) in [6.07, 6.45) is 0. The van der Waals surface area contributed by atoms with Gasteiger partial charge in [0, 0.05) is 12.1 Å². The maximum absolute atomic E-state index is 11.3. The van der Waals surface area contributed by atoms with Gasteiger partial charge in [-0.15, -0.1) is 0 Å². The predicted octanol–water partition coefficient (Wildman–Crippen LogP) is 1.38. The molecule has 0 saturated carbocycles. The Bertz CT molecular complexity index is 517. The van der Waals surface area contributed by atoms with Crippen LogP contribution in [0.1, 0.15) is 15.8 Å². The van der Waals surface area contributed by atoms with E-state index in [9.17, 15) is 14.9 Å². The minimum atomic E-state index is -1.11. The first-order chi connectivity index (χ1) is 7.82. The lowest BCUT2D eigenvalue weighted by Crippen LogP contribution is -2.01. The molecule has 0 aromatic heterocycles. The minimum absolute atomic E-state index is 0.680. The van der Waals surface area contributed by atoms with Gasteiger partial charge in [-0.3, -0.25) is 10.1 Å². The van der Waals surface area contributed by atoms with Crippen LogP contribution in [0.15, 0.2) is 24.2 Å². The standard InChI is InChI=1S/C8H7NO4/c1-13-8(10)6-3-2-4-7(5-6)9(11)12/h2-5H,1H3/i2D,3D,4D,5D. The molecular weight excluding hydrogens is 174 g/mol. The Kier molecular flexibility index (Phi) is 1.40. The average Bonchev–Trinajstić information content (AvgIpc) is 2.25. The van der Waals surface area contributed by atoms with E-state index >= 15 is 0 Å². The summed E-state index contributed by atoms with van der Waals surface area (Å²) in [7, 11) is 0.991. The molecule has 0 unspecified atom stereocenters. The second-order valence-corrected chi connectivity index (χ2v) is 1.97. The molecular formula is C8H7NO4. The number of hydrogen-bond acceptors (Lipinski definition) is 4. The molecule has 0 amide bonds. The van der Waals surface area contributed by atoms with E-state index < -0.39 is 46.3 Å². The fourth-order valence-electron chi connectivity index (χ4n) is 0.629. The third-order valence-corrected chi connectivity index (χ3v) is 1.18. The number of hydrogen-bond donors (Lipinski definition) is 0. The van der Waals surface area contributed by atoms with Crippen molar-refractivity contribution >= 4 is 11.7 Å². The van der Waals surface area contributed by atoms with Gasteiger partial charge >= 0.3 is 5.97 Å². The van der Waals surface area contributed by atoms with Crippen molar-refractivity contribution in [1.29, 1.82) is 0 Å². The zero-order valence-corrected chi connectivity index (χ0v) is 6.58. The second kappa shape index (κ2) is 3.66. The summed E-state index contributed by atoms with van der Waals surface area (Å²) in [6.45, 7) is 0. The van der Waals surface area contributed by atoms with Crippen molar-refractivity contribution in [3.8, 4) is 0 Å². The quantitative estimate of drug-likeness (QED) is 0.396. The molecule has 0 heterocycles. The normalized spacial score (nSPS) is 13.6. The van der Waals surface area contributed by atoms with Gasteiger partial charge in [0.05, 0.1) is 23.1 Å². The molecule has 0 radical (unpaired) electrons. The van der Waals surface area contributed by atoms with Crippen LogP contribution in [-0.4, -0.2) is 18.0 Å². The van der Waals surface area contributed by atoms with E-state index in [1.807, 2.05) is 0 Å². The van der Waals surface area contributed by atoms with Gasteiger partial charge in [-0.2, -0.15) is 0 Å². The lowest BCUT2D eigenvalue weighted by Gasteiger charge is -1.97. The highest BCUT2D eigenvalue weighted by Crippen LogP contribution is 2.13. The summed E-state index contributed by atoms with van der Waals surface area (Å²) < 4.78 is 33.7. The van der Waals surface area contributed by atoms with Crippen molar-refractivity contribution in [2.75, 3.05) is 7.11 Å². The van der Waals surface area contributed by atoms with Crippen molar-refractivity contribution in [2.24, 2.45) is 0 Å². The van der Waals surface area contributed by atoms with Gasteiger partial charge in [-0.05, 0) is 6.04 Å². The Morgan fingerprint density at radius 3 is 2.92 bits per heavy atom. The van der Waals surface area contributed by atoms with E-state index in [1.54, 1.807) is 0 Å². The van der Waals surface area contributed by atoms with Crippen LogP contribution in [0.5, 0.6) is 0 Å². The highest BCUT2D eigenvalue weighted by Gasteiger charge is 2.10. The Hall–Kier alpha value is -1.91. The molecule has 5 heteroatoms. The summed E-state index contributed by atoms with van der Waals surface area (Å²) in [4.78, 5) is 20.9. The minimum Gasteiger partial charge on any atom is -0.465 e. The molecule has 0 spiro atoms. The molecule has 1 rings (SSSR count). The Morgan fingerprint density at radius 2 is 2.38 bits per heavy atom. The molecule has 0 bridgehead atoms. The van der Waals surface area contributed by atoms with Crippen molar-refractivity contribution in [3.63, 3.8) is 0 Å². The SMILES string of the molecule is [2H]c1c([2H])c(C(=O)OC)c([2H])c([N+](=O)[O-])c1[2H]. The molecule has 0 saturated heterocycles. The maximum Gasteiger partial charge on any atom is 0.338 e. The van der Waals surface area contributed by atoms with E-state index in [-0.39, 0.29) is 0 Å². The zero-order chi connectivity index (χ0) is 13.3. The molecule has 13 heavy (non-hydrogen) atoms. The Labute approximate surface area is 79.7 Å². The molecule has 0 aliphatic carbocycles. The fraction of sp³-hybridized carbons (Fsp3) is 0.125. The summed E-state index contributed by atoms with van der Waals surface area (Å²) in [5.41, 5.74) is -1.66. The van der Waals surface area contributed by atoms with Crippen molar-refractivity contribution in [3.05, 3.63) is 39.8 Å². The van der Waals surface area contributed by atoms with E-state index in [0.29, 0.717) is 0 Å². The number of carbonyl (C=O) groups is 1. The highest BCUT2D eigenvalue weighted by molar-refractivity contribution is 5.89. The first-order valence-electron chi connectivity index (χ1n) is 5.16. The lowest BCUT2D eigenvalue weighted by atomic mass is 10.2. The van der Waals surface area contributed by atoms with Crippen LogP contribution in [0.2, 0.25) is 0 Å². The second-order valence-electron chi connectivity index (χ2n) is 1.97. The van der Waals surface area contributed by atoms with Gasteiger partial charge in [0.25, 0.3) is 5.69 Å². The molecule has 5 nitrogen and oxygen atoms in total. The fourth-order valence-corrected chi connectivity index (χ4v) is 0.629. The van der Waals surface area contributed by atoms with Crippen LogP contribution in [0.4, 0.5) is 5.69 Å². The van der Waals surface area contributed by atoms with Crippen LogP contribution in [0.25, 0.3) is 0 Å². The molecule has 1 aromatic carbocycles. The van der Waals surface area contributed by atoms with Gasteiger partial charge < -0.3 is 4.74 Å². The smallest absolute Gasteiger partial charge is 0.338 e. The predicted molar refractivity (Wildman–Crippen MR) is 44.4 cm³/mol. The molecule has 1 aromatic rings. The van der Waals surface area contributed by atoms with Crippen LogP contribution in [-0.2, 0) is 4.74 Å². The lowest BCUT2D eigenvalue weighted by molar-refractivity contribution is -0.384. The topological polar surface area (TPSA) is 69.4 Å². The first kappa shape index (κ1) is 4.96. The Balaban J connectivity index is 3.74. The molecule has 0 N–H and O–H groups in total. The van der Waals surface area contributed by atoms with Gasteiger partial charge in [-0.25, -0.2) is 4.79 Å². The van der Waals surface area contributed by atoms with Crippen LogP contribution < -0.4 is 0 Å². The Morgan fingerprint density at radius 1 is 1.69 bits per heavy atom. The van der Waals surface area contributed by atoms with Crippen LogP contribution in [0.3, 0.4) is 0 Å². The maximum atomic E-state index is 11.3. The van der Waals surface area contributed by atoms with Gasteiger partial charge in [0.2, 0.25) is 0 Å². The average molecular weight is 185 g/mol. The number of rotatable bonds is 2. The first-order valence-corrected chi connectivity index (χ1v) is 3.16. The zero-order valence-electron chi connectivity index (χ0n) is 10.6. The third-order valence-electron chi connectivity index (χ3n) is 1.18. The summed E-state index contributed by atoms with van der Waals surface area (Å²) in [5, 5.41) is 10.6. The largest absolute Gasteiger partial charge is 0.465 e. The summed E-state index contributed by atoms with van der Waals surface area (Å²) >= 11 is 0. The number of ether oxygens (including phenoxy) is 1. The molecule has 0 aliphatic rings.